The Kier molecular flexibility index (Phi) is 11.9. The van der Waals surface area contributed by atoms with E-state index in [0.717, 1.165) is 0 Å². The van der Waals surface area contributed by atoms with E-state index in [9.17, 15) is 0 Å². The minimum absolute atomic E-state index is 0. The predicted molar refractivity (Wildman–Crippen MR) is 21.0 cm³/mol. The molecule has 0 heterocycles. The summed E-state index contributed by atoms with van der Waals surface area (Å²) in [5, 5.41) is 0. The third-order valence-corrected chi connectivity index (χ3v) is 2.96. The van der Waals surface area contributed by atoms with Crippen LogP contribution in [0.15, 0.2) is 0 Å². The smallest absolute Gasteiger partial charge is 1.00 e. The minimum Gasteiger partial charge on any atom is -1.00 e. The van der Waals surface area contributed by atoms with Crippen molar-refractivity contribution in [1.82, 2.24) is 0 Å². The Labute approximate surface area is 65.3 Å². The molecule has 3 nitrogen and oxygen atoms in total. The van der Waals surface area contributed by atoms with Crippen LogP contribution in [0.25, 0.3) is 0 Å². The maximum absolute atomic E-state index is 4.80. The van der Waals surface area contributed by atoms with Gasteiger partial charge in [0.05, 0.1) is 0 Å². The quantitative estimate of drug-likeness (QED) is 0.517. The summed E-state index contributed by atoms with van der Waals surface area (Å²) in [5.41, 5.74) is 0. The van der Waals surface area contributed by atoms with E-state index in [-0.39, 0.29) is 12.4 Å². The van der Waals surface area contributed by atoms with Crippen molar-refractivity contribution in [2.24, 2.45) is 0 Å². The first-order chi connectivity index (χ1) is 3.35. The van der Waals surface area contributed by atoms with Crippen LogP contribution in [0, 0.1) is 0 Å². The molecule has 0 bridgehead atoms. The van der Waals surface area contributed by atoms with Crippen molar-refractivity contribution in [3.63, 3.8) is 0 Å². The van der Waals surface area contributed by atoms with Crippen LogP contribution in [0.3, 0.4) is 0 Å². The van der Waals surface area contributed by atoms with Gasteiger partial charge in [-0.05, 0) is 0 Å². The minimum atomic E-state index is -2.15. The van der Waals surface area contributed by atoms with Crippen LogP contribution in [0.2, 0.25) is 0 Å². The summed E-state index contributed by atoms with van der Waals surface area (Å²) in [6, 6.07) is 0. The second-order valence-electron chi connectivity index (χ2n) is 0.862. The average Bonchev–Trinajstić information content (AvgIpc) is 1.72. The Morgan fingerprint density at radius 3 is 1.12 bits per heavy atom. The molecule has 0 radical (unpaired) electrons. The second kappa shape index (κ2) is 8.05. The van der Waals surface area contributed by atoms with Gasteiger partial charge in [0, 0.05) is 0 Å². The van der Waals surface area contributed by atoms with Crippen molar-refractivity contribution < 1.29 is 43.9 Å². The van der Waals surface area contributed by atoms with E-state index < -0.39 is 23.1 Å². The zero-order valence-corrected chi connectivity index (χ0v) is 8.32. The van der Waals surface area contributed by atoms with Crippen LogP contribution in [0.5, 0.6) is 0 Å². The third-order valence-electron chi connectivity index (χ3n) is 0.500. The van der Waals surface area contributed by atoms with Gasteiger partial charge in [-0.15, -0.1) is 0 Å². The molecule has 0 aromatic heterocycles. The molecule has 0 saturated carbocycles. The monoisotopic (exact) mass is 218 g/mol. The molecule has 0 N–H and O–H groups in total. The van der Waals surface area contributed by atoms with Gasteiger partial charge in [-0.25, -0.2) is 0 Å². The number of hydrogen-bond donors (Lipinski definition) is 0. The molecule has 0 aliphatic heterocycles. The van der Waals surface area contributed by atoms with Gasteiger partial charge < -0.3 is 12.4 Å². The van der Waals surface area contributed by atoms with Crippen LogP contribution in [-0.4, -0.2) is 21.3 Å². The summed E-state index contributed by atoms with van der Waals surface area (Å²) in [6.07, 6.45) is 0. The summed E-state index contributed by atoms with van der Waals surface area (Å²) in [6.45, 7) is 0. The second-order valence-corrected chi connectivity index (χ2v) is 5.10. The maximum Gasteiger partial charge on any atom is -1.00 e. The number of rotatable bonds is 3. The van der Waals surface area contributed by atoms with E-state index in [1.54, 1.807) is 21.3 Å². The molecule has 0 aromatic carbocycles. The average molecular weight is 220 g/mol. The molecule has 0 amide bonds. The van der Waals surface area contributed by atoms with Gasteiger partial charge >= 0.3 is 52.8 Å². The zero-order chi connectivity index (χ0) is 5.70. The Morgan fingerprint density at radius 1 is 0.875 bits per heavy atom. The molecule has 0 rings (SSSR count). The Hall–Kier alpha value is 1.05. The van der Waals surface area contributed by atoms with Gasteiger partial charge in [-0.3, -0.25) is 0 Å². The van der Waals surface area contributed by atoms with E-state index >= 15 is 0 Å². The first-order valence-corrected chi connectivity index (χ1v) is 4.85. The first kappa shape index (κ1) is 11.8. The van der Waals surface area contributed by atoms with Crippen molar-refractivity contribution >= 4 is 0 Å². The molecule has 0 aliphatic rings. The summed E-state index contributed by atoms with van der Waals surface area (Å²) in [5.74, 6) is 0. The van der Waals surface area contributed by atoms with E-state index in [2.05, 4.69) is 0 Å². The fourth-order valence-electron chi connectivity index (χ4n) is 0.250. The molecule has 0 atom stereocenters. The number of halogens is 1. The van der Waals surface area contributed by atoms with Crippen molar-refractivity contribution in [1.29, 1.82) is 0 Å². The molecule has 0 aromatic rings. The van der Waals surface area contributed by atoms with Crippen molar-refractivity contribution in [2.45, 2.75) is 0 Å². The molecule has 0 unspecified atom stereocenters. The SMILES string of the molecule is C[O][Zr+]([O]C)[O]C.[Cl-]. The molecule has 0 spiro atoms. The molecule has 50 valence electrons. The molecule has 0 aliphatic carbocycles. The molecule has 0 fully saturated rings. The van der Waals surface area contributed by atoms with E-state index in [1.165, 1.54) is 0 Å². The van der Waals surface area contributed by atoms with Crippen LogP contribution < -0.4 is 12.4 Å². The van der Waals surface area contributed by atoms with Gasteiger partial charge in [-0.1, -0.05) is 0 Å². The standard InChI is InChI=1S/3CH3O.ClH.Zr/c3*1-2;;/h3*1H3;1H;/q3*-1;;+4/p-1. The van der Waals surface area contributed by atoms with E-state index in [0.29, 0.717) is 0 Å². The van der Waals surface area contributed by atoms with Gasteiger partial charge in [0.15, 0.2) is 0 Å². The fourth-order valence-corrected chi connectivity index (χ4v) is 1.48. The molecular weight excluding hydrogens is 211 g/mol. The largest absolute Gasteiger partial charge is 1.00 e. The van der Waals surface area contributed by atoms with Gasteiger partial charge in [0.25, 0.3) is 0 Å². The summed E-state index contributed by atoms with van der Waals surface area (Å²) in [4.78, 5) is 0. The Balaban J connectivity index is 0. The van der Waals surface area contributed by atoms with Crippen LogP contribution in [0.1, 0.15) is 0 Å². The van der Waals surface area contributed by atoms with Crippen LogP contribution >= 0.6 is 0 Å². The topological polar surface area (TPSA) is 27.7 Å². The van der Waals surface area contributed by atoms with Crippen LogP contribution in [0.4, 0.5) is 0 Å². The van der Waals surface area contributed by atoms with Gasteiger partial charge in [0.2, 0.25) is 0 Å². The van der Waals surface area contributed by atoms with Gasteiger partial charge in [0.1, 0.15) is 0 Å². The number of hydrogen-bond acceptors (Lipinski definition) is 3. The van der Waals surface area contributed by atoms with E-state index in [1.807, 2.05) is 0 Å². The molecular formula is C3H9ClO3Zr. The normalized spacial score (nSPS) is 7.88. The maximum atomic E-state index is 4.80. The Morgan fingerprint density at radius 2 is 1.12 bits per heavy atom. The third kappa shape index (κ3) is 5.19. The Bertz CT molecular complexity index is 36.0. The van der Waals surface area contributed by atoms with Crippen molar-refractivity contribution in [2.75, 3.05) is 21.3 Å². The summed E-state index contributed by atoms with van der Waals surface area (Å²) >= 11 is -2.15. The summed E-state index contributed by atoms with van der Waals surface area (Å²) in [7, 11) is 4.80. The predicted octanol–water partition coefficient (Wildman–Crippen LogP) is -2.71. The van der Waals surface area contributed by atoms with E-state index in [4.69, 9.17) is 8.44 Å². The zero-order valence-electron chi connectivity index (χ0n) is 5.10. The first-order valence-electron chi connectivity index (χ1n) is 1.84. The molecule has 0 saturated heterocycles. The fraction of sp³-hybridized carbons (Fsp3) is 1.00. The van der Waals surface area contributed by atoms with Crippen LogP contribution in [-0.2, 0) is 31.5 Å². The summed E-state index contributed by atoms with van der Waals surface area (Å²) < 4.78 is 14.4. The molecule has 5 heteroatoms. The molecule has 8 heavy (non-hydrogen) atoms. The van der Waals surface area contributed by atoms with Crippen molar-refractivity contribution in [3.8, 4) is 0 Å². The van der Waals surface area contributed by atoms with Gasteiger partial charge in [-0.2, -0.15) is 0 Å². The van der Waals surface area contributed by atoms with Crippen molar-refractivity contribution in [3.05, 3.63) is 0 Å².